The van der Waals surface area contributed by atoms with Crippen LogP contribution in [0.3, 0.4) is 0 Å². The number of aliphatic hydroxyl groups is 7. The lowest BCUT2D eigenvalue weighted by Crippen LogP contribution is -2.67. The first-order chi connectivity index (χ1) is 12.2. The molecule has 0 aromatic carbocycles. The van der Waals surface area contributed by atoms with Crippen LogP contribution in [0.2, 0.25) is 0 Å². The molecule has 2 rings (SSSR count). The van der Waals surface area contributed by atoms with Crippen LogP contribution >= 0.6 is 0 Å². The molecule has 0 aromatic heterocycles. The maximum absolute atomic E-state index is 11.4. The van der Waals surface area contributed by atoms with Crippen molar-refractivity contribution in [3.63, 3.8) is 0 Å². The van der Waals surface area contributed by atoms with E-state index in [2.05, 4.69) is 5.32 Å². The van der Waals surface area contributed by atoms with E-state index in [0.29, 0.717) is 0 Å². The molecule has 0 spiro atoms. The predicted molar refractivity (Wildman–Crippen MR) is 80.2 cm³/mol. The van der Waals surface area contributed by atoms with E-state index >= 15 is 0 Å². The Hall–Kier alpha value is -0.930. The fourth-order valence-electron chi connectivity index (χ4n) is 2.97. The summed E-state index contributed by atoms with van der Waals surface area (Å²) in [5.74, 6) is -0.574. The first-order valence-corrected chi connectivity index (χ1v) is 8.06. The van der Waals surface area contributed by atoms with Gasteiger partial charge in [-0.1, -0.05) is 0 Å². The van der Waals surface area contributed by atoms with Crippen molar-refractivity contribution in [3.05, 3.63) is 0 Å². The quantitative estimate of drug-likeness (QED) is 0.226. The number of ether oxygens (including phenoxy) is 3. The Balaban J connectivity index is 2.21. The van der Waals surface area contributed by atoms with E-state index in [1.54, 1.807) is 0 Å². The topological polar surface area (TPSA) is 198 Å². The first-order valence-electron chi connectivity index (χ1n) is 8.06. The van der Waals surface area contributed by atoms with Crippen molar-refractivity contribution in [3.8, 4) is 0 Å². The number of rotatable bonds is 5. The Morgan fingerprint density at radius 1 is 0.923 bits per heavy atom. The molecular weight excluding hydrogens is 358 g/mol. The number of carbonyl (C=O) groups excluding carboxylic acids is 1. The molecule has 0 aliphatic carbocycles. The maximum Gasteiger partial charge on any atom is 0.217 e. The van der Waals surface area contributed by atoms with E-state index < -0.39 is 80.5 Å². The van der Waals surface area contributed by atoms with Crippen molar-refractivity contribution < 1.29 is 54.8 Å². The second-order valence-corrected chi connectivity index (χ2v) is 6.26. The summed E-state index contributed by atoms with van der Waals surface area (Å²) in [7, 11) is 0. The third kappa shape index (κ3) is 4.31. The summed E-state index contributed by atoms with van der Waals surface area (Å²) in [6.07, 6.45) is -13.7. The van der Waals surface area contributed by atoms with Gasteiger partial charge in [0.15, 0.2) is 12.6 Å². The van der Waals surface area contributed by atoms with Gasteiger partial charge in [-0.25, -0.2) is 0 Å². The van der Waals surface area contributed by atoms with Gasteiger partial charge in [0, 0.05) is 6.92 Å². The standard InChI is InChI=1S/C14H25NO11/c1-4(18)15-7-12(9(20)6(3-17)24-13(7)23)26-14-11(22)10(21)8(19)5(2-16)25-14/h5-14,16-17,19-23H,2-3H2,1H3,(H,15,18)/t5-,6+,7-,8-,9-,10+,11-,12-,13-,14+/m0/s1. The molecule has 0 bridgehead atoms. The van der Waals surface area contributed by atoms with Gasteiger partial charge in [0.05, 0.1) is 13.2 Å². The summed E-state index contributed by atoms with van der Waals surface area (Å²) in [6.45, 7) is -0.195. The van der Waals surface area contributed by atoms with Crippen molar-refractivity contribution in [1.29, 1.82) is 0 Å². The second kappa shape index (κ2) is 8.84. The third-order valence-electron chi connectivity index (χ3n) is 4.38. The highest BCUT2D eigenvalue weighted by atomic mass is 16.7. The summed E-state index contributed by atoms with van der Waals surface area (Å²) in [5, 5.41) is 70.7. The van der Waals surface area contributed by atoms with Gasteiger partial charge in [-0.3, -0.25) is 4.79 Å². The molecule has 12 nitrogen and oxygen atoms in total. The Labute approximate surface area is 148 Å². The molecule has 0 unspecified atom stereocenters. The fourth-order valence-corrected chi connectivity index (χ4v) is 2.97. The van der Waals surface area contributed by atoms with Crippen molar-refractivity contribution >= 4 is 5.91 Å². The minimum absolute atomic E-state index is 0.574. The van der Waals surface area contributed by atoms with Gasteiger partial charge < -0.3 is 55.3 Å². The average Bonchev–Trinajstić information content (AvgIpc) is 2.60. The Bertz CT molecular complexity index is 478. The number of nitrogens with one attached hydrogen (secondary N) is 1. The SMILES string of the molecule is CC(=O)N[C@H]1[C@H](O[C@H]2O[C@@H](CO)[C@H](O)[C@@H](O)[C@@H]2O)[C@@H](O)[C@@H](CO)O[C@@H]1O. The van der Waals surface area contributed by atoms with Crippen LogP contribution in [0, 0.1) is 0 Å². The van der Waals surface area contributed by atoms with Gasteiger partial charge in [-0.2, -0.15) is 0 Å². The van der Waals surface area contributed by atoms with Crippen LogP contribution in [0.4, 0.5) is 0 Å². The minimum atomic E-state index is -1.74. The van der Waals surface area contributed by atoms with Crippen LogP contribution in [0.1, 0.15) is 6.92 Å². The summed E-state index contributed by atoms with van der Waals surface area (Å²) < 4.78 is 15.7. The lowest BCUT2D eigenvalue weighted by molar-refractivity contribution is -0.341. The van der Waals surface area contributed by atoms with Gasteiger partial charge >= 0.3 is 0 Å². The molecule has 1 amide bonds. The molecule has 12 heteroatoms. The van der Waals surface area contributed by atoms with Crippen LogP contribution in [0.25, 0.3) is 0 Å². The molecular formula is C14H25NO11. The molecule has 26 heavy (non-hydrogen) atoms. The van der Waals surface area contributed by atoms with Crippen molar-refractivity contribution in [2.24, 2.45) is 0 Å². The third-order valence-corrected chi connectivity index (χ3v) is 4.38. The Kier molecular flexibility index (Phi) is 7.27. The molecule has 0 saturated carbocycles. The number of hydrogen-bond acceptors (Lipinski definition) is 11. The van der Waals surface area contributed by atoms with Gasteiger partial charge in [-0.15, -0.1) is 0 Å². The largest absolute Gasteiger partial charge is 0.394 e. The summed E-state index contributed by atoms with van der Waals surface area (Å²) in [6, 6.07) is -1.28. The van der Waals surface area contributed by atoms with E-state index in [9.17, 15) is 40.5 Å². The predicted octanol–water partition coefficient (Wildman–Crippen LogP) is -5.25. The number of aliphatic hydroxyl groups excluding tert-OH is 7. The zero-order valence-electron chi connectivity index (χ0n) is 14.0. The minimum Gasteiger partial charge on any atom is -0.394 e. The van der Waals surface area contributed by atoms with Crippen LogP contribution in [-0.4, -0.2) is 116 Å². The molecule has 0 radical (unpaired) electrons. The monoisotopic (exact) mass is 383 g/mol. The highest BCUT2D eigenvalue weighted by Gasteiger charge is 2.50. The van der Waals surface area contributed by atoms with Crippen molar-refractivity contribution in [2.75, 3.05) is 13.2 Å². The first kappa shape index (κ1) is 21.4. The van der Waals surface area contributed by atoms with E-state index in [4.69, 9.17) is 14.2 Å². The molecule has 2 aliphatic heterocycles. The smallest absolute Gasteiger partial charge is 0.217 e. The molecule has 8 N–H and O–H groups in total. The number of hydrogen-bond donors (Lipinski definition) is 8. The summed E-state index contributed by atoms with van der Waals surface area (Å²) in [5.41, 5.74) is 0. The highest BCUT2D eigenvalue weighted by Crippen LogP contribution is 2.28. The molecule has 2 heterocycles. The fraction of sp³-hybridized carbons (Fsp3) is 0.929. The van der Waals surface area contributed by atoms with Crippen molar-refractivity contribution in [1.82, 2.24) is 5.32 Å². The zero-order valence-corrected chi connectivity index (χ0v) is 14.0. The van der Waals surface area contributed by atoms with Crippen LogP contribution in [0.15, 0.2) is 0 Å². The van der Waals surface area contributed by atoms with E-state index in [-0.39, 0.29) is 0 Å². The Morgan fingerprint density at radius 3 is 2.04 bits per heavy atom. The molecule has 152 valence electrons. The van der Waals surface area contributed by atoms with Gasteiger partial charge in [0.2, 0.25) is 5.91 Å². The second-order valence-electron chi connectivity index (χ2n) is 6.26. The molecule has 0 aromatic rings. The molecule has 10 atom stereocenters. The van der Waals surface area contributed by atoms with Gasteiger partial charge in [0.25, 0.3) is 0 Å². The van der Waals surface area contributed by atoms with E-state index in [1.165, 1.54) is 0 Å². The normalized spacial score (nSPS) is 46.8. The lowest BCUT2D eigenvalue weighted by atomic mass is 9.95. The number of carbonyl (C=O) groups is 1. The average molecular weight is 383 g/mol. The van der Waals surface area contributed by atoms with E-state index in [0.717, 1.165) is 6.92 Å². The lowest BCUT2D eigenvalue weighted by Gasteiger charge is -2.46. The Morgan fingerprint density at radius 2 is 1.50 bits per heavy atom. The molecule has 2 saturated heterocycles. The van der Waals surface area contributed by atoms with E-state index in [1.807, 2.05) is 0 Å². The van der Waals surface area contributed by atoms with Crippen LogP contribution < -0.4 is 5.32 Å². The molecule has 2 aliphatic rings. The van der Waals surface area contributed by atoms with Crippen LogP contribution in [-0.2, 0) is 19.0 Å². The van der Waals surface area contributed by atoms with Gasteiger partial charge in [0.1, 0.15) is 48.8 Å². The molecule has 2 fully saturated rings. The van der Waals surface area contributed by atoms with Crippen molar-refractivity contribution in [2.45, 2.75) is 68.3 Å². The highest BCUT2D eigenvalue weighted by molar-refractivity contribution is 5.73. The summed E-state index contributed by atoms with van der Waals surface area (Å²) in [4.78, 5) is 11.4. The zero-order chi connectivity index (χ0) is 19.6. The maximum atomic E-state index is 11.4. The summed E-state index contributed by atoms with van der Waals surface area (Å²) >= 11 is 0. The number of amides is 1. The van der Waals surface area contributed by atoms with Gasteiger partial charge in [-0.05, 0) is 0 Å². The van der Waals surface area contributed by atoms with Crippen LogP contribution in [0.5, 0.6) is 0 Å².